The normalized spacial score (nSPS) is 16.2. The highest BCUT2D eigenvalue weighted by Crippen LogP contribution is 2.43. The largest absolute Gasteiger partial charge is 0.493 e. The average Bonchev–Trinajstić information content (AvgIpc) is 2.91. The zero-order valence-corrected chi connectivity index (χ0v) is 13.7. The van der Waals surface area contributed by atoms with Crippen molar-refractivity contribution >= 4 is 34.1 Å². The number of aromatic nitrogens is 1. The molecule has 2 heterocycles. The standard InChI is InChI=1S/C15H16N4O4S/c1-22-10-4-7(2-3-9(10)23-6-11(16)20)8-5-12(21)18-14-13(8)24-15(17)19-14/h2-4,8H,5-6H2,1H3,(H2,16,20)(H2,17,19)(H,18,21). The molecule has 0 radical (unpaired) electrons. The summed E-state index contributed by atoms with van der Waals surface area (Å²) in [5, 5.41) is 3.13. The summed E-state index contributed by atoms with van der Waals surface area (Å²) in [4.78, 5) is 27.8. The van der Waals surface area contributed by atoms with Crippen LogP contribution in [0.4, 0.5) is 10.9 Å². The van der Waals surface area contributed by atoms with Crippen molar-refractivity contribution < 1.29 is 19.1 Å². The third-order valence-electron chi connectivity index (χ3n) is 3.59. The van der Waals surface area contributed by atoms with Gasteiger partial charge in [-0.25, -0.2) is 4.98 Å². The number of primary amides is 1. The summed E-state index contributed by atoms with van der Waals surface area (Å²) in [5.74, 6) is 0.512. The van der Waals surface area contributed by atoms with Gasteiger partial charge in [0.1, 0.15) is 5.82 Å². The van der Waals surface area contributed by atoms with E-state index in [1.807, 2.05) is 6.07 Å². The molecule has 24 heavy (non-hydrogen) atoms. The molecule has 0 saturated heterocycles. The maximum atomic E-state index is 11.9. The number of hydrogen-bond donors (Lipinski definition) is 3. The number of fused-ring (bicyclic) bond motifs is 1. The molecule has 1 unspecified atom stereocenters. The van der Waals surface area contributed by atoms with E-state index in [4.69, 9.17) is 20.9 Å². The molecule has 1 aromatic heterocycles. The lowest BCUT2D eigenvalue weighted by Gasteiger charge is -2.22. The van der Waals surface area contributed by atoms with E-state index in [9.17, 15) is 9.59 Å². The van der Waals surface area contributed by atoms with E-state index in [0.29, 0.717) is 28.9 Å². The second kappa shape index (κ2) is 6.36. The Morgan fingerprint density at radius 1 is 1.46 bits per heavy atom. The van der Waals surface area contributed by atoms with Gasteiger partial charge < -0.3 is 26.3 Å². The number of nitrogens with zero attached hydrogens (tertiary/aromatic N) is 1. The summed E-state index contributed by atoms with van der Waals surface area (Å²) in [6.45, 7) is -0.239. The smallest absolute Gasteiger partial charge is 0.255 e. The van der Waals surface area contributed by atoms with Crippen LogP contribution in [-0.2, 0) is 9.59 Å². The molecule has 5 N–H and O–H groups in total. The second-order valence-corrected chi connectivity index (χ2v) is 6.30. The van der Waals surface area contributed by atoms with Gasteiger partial charge in [0.2, 0.25) is 5.91 Å². The number of ether oxygens (including phenoxy) is 2. The quantitative estimate of drug-likeness (QED) is 0.741. The van der Waals surface area contributed by atoms with Crippen molar-refractivity contribution in [3.8, 4) is 11.5 Å². The van der Waals surface area contributed by atoms with E-state index in [1.54, 1.807) is 12.1 Å². The number of nitrogens with two attached hydrogens (primary N) is 2. The predicted molar refractivity (Wildman–Crippen MR) is 89.3 cm³/mol. The molecule has 0 spiro atoms. The van der Waals surface area contributed by atoms with E-state index in [0.717, 1.165) is 10.4 Å². The van der Waals surface area contributed by atoms with Crippen molar-refractivity contribution in [3.05, 3.63) is 28.6 Å². The Bertz CT molecular complexity index is 805. The summed E-state index contributed by atoms with van der Waals surface area (Å²) in [7, 11) is 1.50. The lowest BCUT2D eigenvalue weighted by molar-refractivity contribution is -0.120. The summed E-state index contributed by atoms with van der Waals surface area (Å²) in [6, 6.07) is 5.29. The highest BCUT2D eigenvalue weighted by Gasteiger charge is 2.30. The third kappa shape index (κ3) is 3.11. The van der Waals surface area contributed by atoms with Gasteiger partial charge in [-0.2, -0.15) is 0 Å². The molecule has 1 aliphatic heterocycles. The van der Waals surface area contributed by atoms with Gasteiger partial charge in [0.25, 0.3) is 5.91 Å². The SMILES string of the molecule is COc1cc(C2CC(=O)Nc3nc(N)sc32)ccc1OCC(N)=O. The van der Waals surface area contributed by atoms with Gasteiger partial charge in [0, 0.05) is 12.3 Å². The fraction of sp³-hybridized carbons (Fsp3) is 0.267. The van der Waals surface area contributed by atoms with Crippen LogP contribution >= 0.6 is 11.3 Å². The molecule has 1 aromatic carbocycles. The lowest BCUT2D eigenvalue weighted by atomic mass is 9.91. The molecule has 2 aromatic rings. The predicted octanol–water partition coefficient (Wildman–Crippen LogP) is 1.07. The molecule has 3 rings (SSSR count). The first-order valence-corrected chi connectivity index (χ1v) is 7.94. The fourth-order valence-electron chi connectivity index (χ4n) is 2.57. The lowest BCUT2D eigenvalue weighted by Crippen LogP contribution is -2.22. The van der Waals surface area contributed by atoms with Crippen molar-refractivity contribution in [2.45, 2.75) is 12.3 Å². The Morgan fingerprint density at radius 2 is 2.25 bits per heavy atom. The first-order chi connectivity index (χ1) is 11.5. The molecule has 1 aliphatic rings. The van der Waals surface area contributed by atoms with Crippen LogP contribution < -0.4 is 26.3 Å². The van der Waals surface area contributed by atoms with E-state index >= 15 is 0 Å². The second-order valence-electron chi connectivity index (χ2n) is 5.24. The number of methoxy groups -OCH3 is 1. The van der Waals surface area contributed by atoms with Crippen molar-refractivity contribution in [3.63, 3.8) is 0 Å². The number of anilines is 2. The van der Waals surface area contributed by atoms with Crippen LogP contribution in [-0.4, -0.2) is 30.5 Å². The number of carbonyl (C=O) groups excluding carboxylic acids is 2. The van der Waals surface area contributed by atoms with Crippen molar-refractivity contribution in [1.82, 2.24) is 4.98 Å². The molecule has 9 heteroatoms. The number of amides is 2. The minimum atomic E-state index is -0.574. The van der Waals surface area contributed by atoms with Crippen molar-refractivity contribution in [1.29, 1.82) is 0 Å². The zero-order chi connectivity index (χ0) is 17.3. The Kier molecular flexibility index (Phi) is 4.26. The maximum absolute atomic E-state index is 11.9. The molecule has 0 fully saturated rings. The monoisotopic (exact) mass is 348 g/mol. The van der Waals surface area contributed by atoms with Crippen LogP contribution in [0.2, 0.25) is 0 Å². The molecular weight excluding hydrogens is 332 g/mol. The van der Waals surface area contributed by atoms with Gasteiger partial charge in [0.15, 0.2) is 23.2 Å². The Hall–Kier alpha value is -2.81. The first kappa shape index (κ1) is 16.1. The number of hydrogen-bond acceptors (Lipinski definition) is 7. The minimum absolute atomic E-state index is 0.120. The van der Waals surface area contributed by atoms with Gasteiger partial charge in [-0.3, -0.25) is 9.59 Å². The van der Waals surface area contributed by atoms with Crippen LogP contribution in [0.5, 0.6) is 11.5 Å². The van der Waals surface area contributed by atoms with Gasteiger partial charge in [-0.1, -0.05) is 17.4 Å². The Labute approximate surface area is 141 Å². The topological polar surface area (TPSA) is 130 Å². The van der Waals surface area contributed by atoms with Gasteiger partial charge in [0.05, 0.1) is 12.0 Å². The van der Waals surface area contributed by atoms with Crippen molar-refractivity contribution in [2.24, 2.45) is 5.73 Å². The van der Waals surface area contributed by atoms with E-state index in [-0.39, 0.29) is 18.4 Å². The van der Waals surface area contributed by atoms with Crippen LogP contribution in [0, 0.1) is 0 Å². The van der Waals surface area contributed by atoms with Crippen molar-refractivity contribution in [2.75, 3.05) is 24.8 Å². The Morgan fingerprint density at radius 3 is 2.96 bits per heavy atom. The van der Waals surface area contributed by atoms with E-state index in [2.05, 4.69) is 10.3 Å². The van der Waals surface area contributed by atoms with E-state index in [1.165, 1.54) is 18.4 Å². The van der Waals surface area contributed by atoms with Crippen LogP contribution in [0.25, 0.3) is 0 Å². The number of nitrogen functional groups attached to an aromatic ring is 1. The molecule has 126 valence electrons. The fourth-order valence-corrected chi connectivity index (χ4v) is 3.49. The van der Waals surface area contributed by atoms with E-state index < -0.39 is 5.91 Å². The van der Waals surface area contributed by atoms with Crippen LogP contribution in [0.1, 0.15) is 22.8 Å². The molecule has 0 bridgehead atoms. The summed E-state index contributed by atoms with van der Waals surface area (Å²) in [5.41, 5.74) is 11.7. The molecular formula is C15H16N4O4S. The average molecular weight is 348 g/mol. The first-order valence-electron chi connectivity index (χ1n) is 7.13. The third-order valence-corrected chi connectivity index (χ3v) is 4.59. The van der Waals surface area contributed by atoms with Gasteiger partial charge in [-0.05, 0) is 17.7 Å². The molecule has 1 atom stereocenters. The van der Waals surface area contributed by atoms with Crippen LogP contribution in [0.3, 0.4) is 0 Å². The number of rotatable bonds is 5. The highest BCUT2D eigenvalue weighted by atomic mass is 32.1. The number of thiazole rings is 1. The highest BCUT2D eigenvalue weighted by molar-refractivity contribution is 7.16. The number of benzene rings is 1. The molecule has 2 amide bonds. The summed E-state index contributed by atoms with van der Waals surface area (Å²) >= 11 is 1.35. The van der Waals surface area contributed by atoms with Gasteiger partial charge in [-0.15, -0.1) is 0 Å². The molecule has 8 nitrogen and oxygen atoms in total. The van der Waals surface area contributed by atoms with Crippen LogP contribution in [0.15, 0.2) is 18.2 Å². The minimum Gasteiger partial charge on any atom is -0.493 e. The maximum Gasteiger partial charge on any atom is 0.255 e. The molecule has 0 saturated carbocycles. The van der Waals surface area contributed by atoms with Gasteiger partial charge >= 0.3 is 0 Å². The Balaban J connectivity index is 1.95. The number of nitrogens with one attached hydrogen (secondary N) is 1. The molecule has 0 aliphatic carbocycles. The summed E-state index contributed by atoms with van der Waals surface area (Å²) < 4.78 is 10.6. The zero-order valence-electron chi connectivity index (χ0n) is 12.9. The number of carbonyl (C=O) groups is 2. The summed E-state index contributed by atoms with van der Waals surface area (Å²) in [6.07, 6.45) is 0.291.